The van der Waals surface area contributed by atoms with E-state index in [1.807, 2.05) is 22.8 Å². The Hall–Kier alpha value is -2.19. The molecule has 1 aromatic heterocycles. The van der Waals surface area contributed by atoms with Crippen molar-refractivity contribution in [1.29, 1.82) is 0 Å². The van der Waals surface area contributed by atoms with Gasteiger partial charge in [0.1, 0.15) is 25.4 Å². The maximum Gasteiger partial charge on any atom is 0.303 e. The summed E-state index contributed by atoms with van der Waals surface area (Å²) in [6, 6.07) is 3.68. The highest BCUT2D eigenvalue weighted by Gasteiger charge is 2.29. The third-order valence-electron chi connectivity index (χ3n) is 5.99. The van der Waals surface area contributed by atoms with Crippen LogP contribution < -0.4 is 4.74 Å². The molecule has 0 radical (unpaired) electrons. The summed E-state index contributed by atoms with van der Waals surface area (Å²) in [6.45, 7) is 6.22. The minimum Gasteiger partial charge on any atom is -0.495 e. The molecule has 1 aromatic carbocycles. The molecule has 0 saturated carbocycles. The Balaban J connectivity index is 1.64. The second-order valence-corrected chi connectivity index (χ2v) is 10.3. The zero-order valence-corrected chi connectivity index (χ0v) is 22.8. The van der Waals surface area contributed by atoms with Gasteiger partial charge in [-0.25, -0.2) is 4.98 Å². The first-order chi connectivity index (χ1) is 17.1. The van der Waals surface area contributed by atoms with E-state index in [1.165, 1.54) is 12.5 Å². The van der Waals surface area contributed by atoms with Crippen LogP contribution >= 0.6 is 34.8 Å². The molecule has 0 aliphatic heterocycles. The average Bonchev–Trinajstić information content (AvgIpc) is 3.34. The number of carbonyl (C=O) groups excluding carboxylic acids is 1. The molecule has 36 heavy (non-hydrogen) atoms. The Morgan fingerprint density at radius 2 is 1.89 bits per heavy atom. The number of esters is 1. The Morgan fingerprint density at radius 3 is 2.44 bits per heavy atom. The van der Waals surface area contributed by atoms with Crippen LogP contribution in [0.2, 0.25) is 10.0 Å². The number of alkyl halides is 1. The lowest BCUT2D eigenvalue weighted by atomic mass is 9.74. The molecule has 10 heteroatoms. The summed E-state index contributed by atoms with van der Waals surface area (Å²) in [4.78, 5) is 15.2. The monoisotopic (exact) mass is 556 g/mol. The highest BCUT2D eigenvalue weighted by Crippen LogP contribution is 2.42. The fourth-order valence-electron chi connectivity index (χ4n) is 3.92. The van der Waals surface area contributed by atoms with Gasteiger partial charge in [0.05, 0.1) is 34.6 Å². The predicted octanol–water partition coefficient (Wildman–Crippen LogP) is 5.70. The van der Waals surface area contributed by atoms with Crippen molar-refractivity contribution in [2.24, 2.45) is 0 Å². The summed E-state index contributed by atoms with van der Waals surface area (Å²) in [6.07, 6.45) is 9.44. The molecule has 2 atom stereocenters. The van der Waals surface area contributed by atoms with Crippen molar-refractivity contribution in [1.82, 2.24) is 9.55 Å². The van der Waals surface area contributed by atoms with Crippen LogP contribution in [0, 0.1) is 0 Å². The average molecular weight is 558 g/mol. The standard InChI is InChI=1S/C26H31Cl3N2O5/c1-17(32)36-22(12-27)15-35-25-23(28)10-19(11-24(25)29)26(2,3)18-4-6-21(7-5-18)34-14-20(33)13-31-9-8-30-16-31/h4,6,8-11,16,20,22,33H,5,7,12-15H2,1-3H3. The molecule has 2 unspecified atom stereocenters. The summed E-state index contributed by atoms with van der Waals surface area (Å²) >= 11 is 18.9. The van der Waals surface area contributed by atoms with E-state index in [4.69, 9.17) is 49.0 Å². The van der Waals surface area contributed by atoms with E-state index in [9.17, 15) is 9.90 Å². The molecule has 0 saturated heterocycles. The first-order valence-electron chi connectivity index (χ1n) is 11.6. The molecule has 7 nitrogen and oxygen atoms in total. The fourth-order valence-corrected chi connectivity index (χ4v) is 4.67. The fraction of sp³-hybridized carbons (Fsp3) is 0.462. The Labute approximate surface area is 226 Å². The molecular formula is C26H31Cl3N2O5. The van der Waals surface area contributed by atoms with Gasteiger partial charge in [-0.1, -0.05) is 48.7 Å². The summed E-state index contributed by atoms with van der Waals surface area (Å²) in [5, 5.41) is 10.9. The van der Waals surface area contributed by atoms with E-state index in [2.05, 4.69) is 24.9 Å². The molecule has 1 aliphatic carbocycles. The van der Waals surface area contributed by atoms with Crippen LogP contribution in [0.1, 0.15) is 39.2 Å². The number of halogens is 3. The minimum atomic E-state index is -0.624. The van der Waals surface area contributed by atoms with Crippen LogP contribution in [-0.4, -0.2) is 51.9 Å². The molecule has 1 aliphatic rings. The Bertz CT molecular complexity index is 1080. The van der Waals surface area contributed by atoms with Crippen molar-refractivity contribution in [3.63, 3.8) is 0 Å². The third kappa shape index (κ3) is 7.65. The van der Waals surface area contributed by atoms with E-state index in [0.29, 0.717) is 22.3 Å². The third-order valence-corrected chi connectivity index (χ3v) is 6.90. The first-order valence-corrected chi connectivity index (χ1v) is 12.9. The van der Waals surface area contributed by atoms with Crippen LogP contribution in [0.5, 0.6) is 5.75 Å². The highest BCUT2D eigenvalue weighted by molar-refractivity contribution is 6.37. The Kier molecular flexibility index (Phi) is 10.1. The van der Waals surface area contributed by atoms with Gasteiger partial charge in [0.2, 0.25) is 0 Å². The number of benzene rings is 1. The molecule has 0 spiro atoms. The van der Waals surface area contributed by atoms with Gasteiger partial charge in [-0.15, -0.1) is 11.6 Å². The van der Waals surface area contributed by atoms with Gasteiger partial charge < -0.3 is 23.9 Å². The predicted molar refractivity (Wildman–Crippen MR) is 141 cm³/mol. The van der Waals surface area contributed by atoms with Crippen molar-refractivity contribution < 1.29 is 24.1 Å². The van der Waals surface area contributed by atoms with Gasteiger partial charge in [-0.3, -0.25) is 4.79 Å². The first kappa shape index (κ1) is 28.4. The second kappa shape index (κ2) is 12.9. The lowest BCUT2D eigenvalue weighted by Crippen LogP contribution is -2.26. The van der Waals surface area contributed by atoms with Crippen molar-refractivity contribution in [2.75, 3.05) is 19.1 Å². The lowest BCUT2D eigenvalue weighted by Gasteiger charge is -2.31. The van der Waals surface area contributed by atoms with Crippen molar-refractivity contribution in [2.45, 2.75) is 57.8 Å². The largest absolute Gasteiger partial charge is 0.495 e. The number of carbonyl (C=O) groups is 1. The number of rotatable bonds is 12. The van der Waals surface area contributed by atoms with Gasteiger partial charge in [-0.2, -0.15) is 0 Å². The maximum atomic E-state index is 11.2. The molecule has 0 bridgehead atoms. The molecule has 1 N–H and O–H groups in total. The van der Waals surface area contributed by atoms with Gasteiger partial charge in [0.15, 0.2) is 5.75 Å². The van der Waals surface area contributed by atoms with E-state index >= 15 is 0 Å². The number of hydrogen-bond donors (Lipinski definition) is 1. The van der Waals surface area contributed by atoms with Gasteiger partial charge in [0.25, 0.3) is 0 Å². The summed E-state index contributed by atoms with van der Waals surface area (Å²) < 4.78 is 18.5. The van der Waals surface area contributed by atoms with Crippen LogP contribution in [-0.2, 0) is 26.2 Å². The number of imidazole rings is 1. The zero-order valence-electron chi connectivity index (χ0n) is 20.5. The number of allylic oxidation sites excluding steroid dienone is 4. The van der Waals surface area contributed by atoms with Crippen LogP contribution in [0.25, 0.3) is 0 Å². The minimum absolute atomic E-state index is 0.0427. The number of aromatic nitrogens is 2. The molecule has 196 valence electrons. The topological polar surface area (TPSA) is 82.8 Å². The van der Waals surface area contributed by atoms with Crippen LogP contribution in [0.3, 0.4) is 0 Å². The number of hydrogen-bond acceptors (Lipinski definition) is 6. The van der Waals surface area contributed by atoms with Gasteiger partial charge in [0, 0.05) is 31.2 Å². The van der Waals surface area contributed by atoms with E-state index in [1.54, 1.807) is 18.7 Å². The Morgan fingerprint density at radius 1 is 1.17 bits per heavy atom. The van der Waals surface area contributed by atoms with Crippen molar-refractivity contribution in [3.05, 3.63) is 69.9 Å². The van der Waals surface area contributed by atoms with Crippen LogP contribution in [0.15, 0.2) is 54.3 Å². The molecule has 1 heterocycles. The molecule has 3 rings (SSSR count). The molecule has 0 fully saturated rings. The molecule has 0 amide bonds. The molecular weight excluding hydrogens is 527 g/mol. The summed E-state index contributed by atoms with van der Waals surface area (Å²) in [5.74, 6) is 0.813. The second-order valence-electron chi connectivity index (χ2n) is 9.14. The van der Waals surface area contributed by atoms with Crippen molar-refractivity contribution >= 4 is 40.8 Å². The SMILES string of the molecule is CC(=O)OC(CCl)COc1c(Cl)cc(C(C)(C)C2=CC=C(OCC(O)Cn3ccnc3)CC2)cc1Cl. The number of aliphatic hydroxyl groups excluding tert-OH is 1. The van der Waals surface area contributed by atoms with Gasteiger partial charge in [-0.05, 0) is 30.2 Å². The van der Waals surface area contributed by atoms with E-state index < -0.39 is 18.2 Å². The maximum absolute atomic E-state index is 11.2. The molecule has 2 aromatic rings. The quantitative estimate of drug-likeness (QED) is 0.266. The lowest BCUT2D eigenvalue weighted by molar-refractivity contribution is -0.146. The highest BCUT2D eigenvalue weighted by atomic mass is 35.5. The van der Waals surface area contributed by atoms with Crippen molar-refractivity contribution in [3.8, 4) is 5.75 Å². The number of aliphatic hydroxyl groups is 1. The van der Waals surface area contributed by atoms with Crippen LogP contribution in [0.4, 0.5) is 0 Å². The normalized spacial score (nSPS) is 15.5. The summed E-state index contributed by atoms with van der Waals surface area (Å²) in [5.41, 5.74) is 1.80. The van der Waals surface area contributed by atoms with E-state index in [-0.39, 0.29) is 24.5 Å². The smallest absolute Gasteiger partial charge is 0.303 e. The van der Waals surface area contributed by atoms with E-state index in [0.717, 1.165) is 24.2 Å². The number of nitrogens with zero attached hydrogens (tertiary/aromatic N) is 2. The zero-order chi connectivity index (χ0) is 26.3. The van der Waals surface area contributed by atoms with Gasteiger partial charge >= 0.3 is 5.97 Å². The number of ether oxygens (including phenoxy) is 3. The summed E-state index contributed by atoms with van der Waals surface area (Å²) in [7, 11) is 0.